The number of nitrogens with zero attached hydrogens (tertiary/aromatic N) is 4. The van der Waals surface area contributed by atoms with Gasteiger partial charge in [-0.3, -0.25) is 9.80 Å². The number of aliphatic hydroxyl groups is 2. The maximum Gasteiger partial charge on any atom is 0.0701 e. The van der Waals surface area contributed by atoms with E-state index in [1.165, 1.54) is 32.9 Å². The van der Waals surface area contributed by atoms with E-state index in [0.717, 1.165) is 65.4 Å². The normalized spacial score (nSPS) is 16.3. The van der Waals surface area contributed by atoms with Gasteiger partial charge in [0.05, 0.1) is 104 Å². The summed E-state index contributed by atoms with van der Waals surface area (Å²) < 4.78 is 33.1. The highest BCUT2D eigenvalue weighted by molar-refractivity contribution is 6.20. The van der Waals surface area contributed by atoms with Gasteiger partial charge in [-0.05, 0) is 0 Å². The summed E-state index contributed by atoms with van der Waals surface area (Å²) in [6.45, 7) is 16.3. The van der Waals surface area contributed by atoms with Crippen LogP contribution in [0.5, 0.6) is 0 Å². The van der Waals surface area contributed by atoms with Crippen LogP contribution in [0.3, 0.4) is 0 Å². The minimum atomic E-state index is 0.0393. The first-order valence-corrected chi connectivity index (χ1v) is 18.4. The maximum absolute atomic E-state index is 8.74. The van der Waals surface area contributed by atoms with Gasteiger partial charge in [0.15, 0.2) is 0 Å². The van der Waals surface area contributed by atoms with Crippen LogP contribution in [0.15, 0.2) is 48.5 Å². The van der Waals surface area contributed by atoms with Crippen molar-refractivity contribution >= 4 is 32.9 Å². The average Bonchev–Trinajstić information content (AvgIpc) is 3.16. The van der Waals surface area contributed by atoms with E-state index in [-0.39, 0.29) is 13.2 Å². The fraction of sp³-hybridized carbons (Fsp3) is 0.632. The van der Waals surface area contributed by atoms with Crippen molar-refractivity contribution in [1.82, 2.24) is 9.80 Å². The van der Waals surface area contributed by atoms with E-state index in [9.17, 15) is 0 Å². The van der Waals surface area contributed by atoms with Gasteiger partial charge in [-0.15, -0.1) is 0 Å². The molecule has 0 aliphatic carbocycles. The zero-order valence-electron chi connectivity index (χ0n) is 29.7. The molecule has 2 N–H and O–H groups in total. The van der Waals surface area contributed by atoms with Crippen LogP contribution in [-0.4, -0.2) is 178 Å². The summed E-state index contributed by atoms with van der Waals surface area (Å²) in [6.07, 6.45) is 0. The van der Waals surface area contributed by atoms with E-state index in [4.69, 9.17) is 38.6 Å². The Hall–Kier alpha value is -2.62. The van der Waals surface area contributed by atoms with Crippen LogP contribution >= 0.6 is 0 Å². The Morgan fingerprint density at radius 2 is 0.660 bits per heavy atom. The second-order valence-corrected chi connectivity index (χ2v) is 12.6. The molecule has 5 rings (SSSR count). The molecule has 2 saturated heterocycles. The van der Waals surface area contributed by atoms with Gasteiger partial charge in [0, 0.05) is 87.0 Å². The molecular weight excluding hydrogens is 640 g/mol. The molecule has 0 aromatic heterocycles. The molecule has 0 spiro atoms. The number of rotatable bonds is 24. The fourth-order valence-electron chi connectivity index (χ4n) is 6.75. The lowest BCUT2D eigenvalue weighted by molar-refractivity contribution is 0.00444. The van der Waals surface area contributed by atoms with E-state index in [0.29, 0.717) is 79.3 Å². The van der Waals surface area contributed by atoms with Gasteiger partial charge < -0.3 is 48.4 Å². The first kappa shape index (κ1) is 38.6. The summed E-state index contributed by atoms with van der Waals surface area (Å²) in [5, 5.41) is 22.8. The van der Waals surface area contributed by atoms with Crippen molar-refractivity contribution in [2.24, 2.45) is 0 Å². The average molecular weight is 699 g/mol. The molecule has 2 aliphatic rings. The predicted octanol–water partition coefficient (Wildman–Crippen LogP) is 2.32. The Balaban J connectivity index is 1.10. The van der Waals surface area contributed by atoms with Crippen LogP contribution in [0.4, 0.5) is 11.4 Å². The molecule has 0 unspecified atom stereocenters. The van der Waals surface area contributed by atoms with Crippen molar-refractivity contribution < 1.29 is 38.6 Å². The van der Waals surface area contributed by atoms with E-state index in [2.05, 4.69) is 68.1 Å². The molecular formula is C38H58N4O8. The third-order valence-electron chi connectivity index (χ3n) is 9.31. The Morgan fingerprint density at radius 1 is 0.380 bits per heavy atom. The second-order valence-electron chi connectivity index (χ2n) is 12.6. The van der Waals surface area contributed by atoms with Crippen molar-refractivity contribution in [3.05, 3.63) is 48.5 Å². The number of aliphatic hydroxyl groups excluding tert-OH is 2. The molecule has 3 aromatic carbocycles. The number of anilines is 2. The minimum absolute atomic E-state index is 0.0393. The summed E-state index contributed by atoms with van der Waals surface area (Å²) in [5.74, 6) is 0. The highest BCUT2D eigenvalue weighted by Crippen LogP contribution is 2.43. The summed E-state index contributed by atoms with van der Waals surface area (Å²) in [4.78, 5) is 10.2. The van der Waals surface area contributed by atoms with E-state index >= 15 is 0 Å². The zero-order chi connectivity index (χ0) is 34.6. The molecule has 2 aliphatic heterocycles. The van der Waals surface area contributed by atoms with Crippen molar-refractivity contribution in [2.75, 3.05) is 168 Å². The van der Waals surface area contributed by atoms with E-state index in [1.54, 1.807) is 0 Å². The Morgan fingerprint density at radius 3 is 0.960 bits per heavy atom. The number of benzene rings is 3. The van der Waals surface area contributed by atoms with Crippen LogP contribution in [0.1, 0.15) is 0 Å². The molecule has 0 bridgehead atoms. The number of hydrogen-bond donors (Lipinski definition) is 2. The summed E-state index contributed by atoms with van der Waals surface area (Å²) in [7, 11) is 0. The number of fused-ring (bicyclic) bond motifs is 2. The van der Waals surface area contributed by atoms with Gasteiger partial charge in [0.25, 0.3) is 0 Å². The van der Waals surface area contributed by atoms with Crippen molar-refractivity contribution in [3.8, 4) is 0 Å². The van der Waals surface area contributed by atoms with Gasteiger partial charge in [-0.2, -0.15) is 0 Å². The Labute approximate surface area is 297 Å². The summed E-state index contributed by atoms with van der Waals surface area (Å²) in [5.41, 5.74) is 2.71. The van der Waals surface area contributed by atoms with Crippen LogP contribution in [0, 0.1) is 0 Å². The first-order chi connectivity index (χ1) is 24.8. The predicted molar refractivity (Wildman–Crippen MR) is 198 cm³/mol. The number of ether oxygens (including phenoxy) is 6. The lowest BCUT2D eigenvalue weighted by Gasteiger charge is -2.39. The quantitative estimate of drug-likeness (QED) is 0.106. The lowest BCUT2D eigenvalue weighted by Crippen LogP contribution is -2.48. The summed E-state index contributed by atoms with van der Waals surface area (Å²) in [6, 6.07) is 17.9. The molecule has 12 heteroatoms. The topological polar surface area (TPSA) is 109 Å². The zero-order valence-corrected chi connectivity index (χ0v) is 29.7. The van der Waals surface area contributed by atoms with E-state index in [1.807, 2.05) is 0 Å². The second kappa shape index (κ2) is 22.3. The Bertz CT molecular complexity index is 1210. The highest BCUT2D eigenvalue weighted by Gasteiger charge is 2.26. The van der Waals surface area contributed by atoms with Crippen LogP contribution in [0.2, 0.25) is 0 Å². The molecule has 278 valence electrons. The number of hydrogen-bond acceptors (Lipinski definition) is 12. The maximum atomic E-state index is 8.74. The molecule has 0 amide bonds. The molecule has 50 heavy (non-hydrogen) atoms. The van der Waals surface area contributed by atoms with Crippen molar-refractivity contribution in [1.29, 1.82) is 0 Å². The van der Waals surface area contributed by atoms with Gasteiger partial charge in [-0.25, -0.2) is 0 Å². The monoisotopic (exact) mass is 698 g/mol. The molecule has 12 nitrogen and oxygen atoms in total. The fourth-order valence-corrected chi connectivity index (χ4v) is 6.75. The molecule has 3 aromatic rings. The molecule has 0 radical (unpaired) electrons. The van der Waals surface area contributed by atoms with Gasteiger partial charge >= 0.3 is 0 Å². The number of piperazine rings is 2. The van der Waals surface area contributed by atoms with Crippen molar-refractivity contribution in [2.45, 2.75) is 0 Å². The third-order valence-corrected chi connectivity index (χ3v) is 9.31. The highest BCUT2D eigenvalue weighted by atomic mass is 16.6. The molecule has 0 atom stereocenters. The smallest absolute Gasteiger partial charge is 0.0701 e. The molecule has 0 saturated carbocycles. The van der Waals surface area contributed by atoms with E-state index < -0.39 is 0 Å². The van der Waals surface area contributed by atoms with Crippen LogP contribution in [0.25, 0.3) is 21.5 Å². The SMILES string of the molecule is OCCOCCOCCOCCN1CCN(c2c3ccccc3c(N3CCN(CCOCCOCCOCCO)CC3)c3ccccc23)CC1. The van der Waals surface area contributed by atoms with Gasteiger partial charge in [-0.1, -0.05) is 48.5 Å². The van der Waals surface area contributed by atoms with Crippen LogP contribution < -0.4 is 9.80 Å². The summed E-state index contributed by atoms with van der Waals surface area (Å²) >= 11 is 0. The Kier molecular flexibility index (Phi) is 17.3. The van der Waals surface area contributed by atoms with Crippen molar-refractivity contribution in [3.63, 3.8) is 0 Å². The standard InChI is InChI=1S/C38H58N4O8/c43-19-23-47-27-31-49-29-25-45-21-17-39-9-13-41(14-10-39)37-33-5-1-2-6-34(33)38(36-8-4-3-7-35(36)37)42-15-11-40(12-16-42)18-22-46-26-30-50-32-28-48-24-20-44/h1-8,43-44H,9-32H2. The van der Waals surface area contributed by atoms with Gasteiger partial charge in [0.2, 0.25) is 0 Å². The molecule has 2 heterocycles. The van der Waals surface area contributed by atoms with Crippen LogP contribution in [-0.2, 0) is 28.4 Å². The first-order valence-electron chi connectivity index (χ1n) is 18.4. The minimum Gasteiger partial charge on any atom is -0.394 e. The lowest BCUT2D eigenvalue weighted by atomic mass is 9.96. The third kappa shape index (κ3) is 11.7. The molecule has 2 fully saturated rings. The largest absolute Gasteiger partial charge is 0.394 e. The van der Waals surface area contributed by atoms with Gasteiger partial charge in [0.1, 0.15) is 0 Å².